The highest BCUT2D eigenvalue weighted by Gasteiger charge is 2.47. The van der Waals surface area contributed by atoms with E-state index in [9.17, 15) is 0 Å². The number of hydrogen-bond acceptors (Lipinski definition) is 6. The minimum absolute atomic E-state index is 0.00449. The lowest BCUT2D eigenvalue weighted by atomic mass is 9.97. The summed E-state index contributed by atoms with van der Waals surface area (Å²) in [5.74, 6) is 0.991. The SMILES string of the molecule is CCS[C@]12CCCO[C@@H]1/C=C\C[C@@H]1O[C@H](COCc3ccccc3)[C@@H](OCc3ccccc3)CC[C@H]1O2. The molecule has 3 aliphatic heterocycles. The molecule has 2 aromatic carbocycles. The van der Waals surface area contributed by atoms with Crippen LogP contribution in [0.5, 0.6) is 0 Å². The van der Waals surface area contributed by atoms with Crippen LogP contribution in [0.2, 0.25) is 0 Å². The Bertz CT molecular complexity index is 966. The monoisotopic (exact) mass is 524 g/mol. The van der Waals surface area contributed by atoms with E-state index >= 15 is 0 Å². The topological polar surface area (TPSA) is 46.2 Å². The lowest BCUT2D eigenvalue weighted by Gasteiger charge is -2.46. The molecule has 0 amide bonds. The number of hydrogen-bond donors (Lipinski definition) is 0. The van der Waals surface area contributed by atoms with E-state index in [1.807, 2.05) is 36.0 Å². The van der Waals surface area contributed by atoms with Crippen molar-refractivity contribution in [3.63, 3.8) is 0 Å². The van der Waals surface area contributed by atoms with E-state index in [4.69, 9.17) is 23.7 Å². The van der Waals surface area contributed by atoms with Crippen molar-refractivity contribution in [3.8, 4) is 0 Å². The lowest BCUT2D eigenvalue weighted by molar-refractivity contribution is -0.184. The van der Waals surface area contributed by atoms with Gasteiger partial charge in [-0.1, -0.05) is 79.7 Å². The predicted octanol–water partition coefficient (Wildman–Crippen LogP) is 6.31. The van der Waals surface area contributed by atoms with Gasteiger partial charge in [0, 0.05) is 6.61 Å². The van der Waals surface area contributed by atoms with Crippen LogP contribution in [0.1, 0.15) is 50.2 Å². The molecule has 0 saturated carbocycles. The number of ether oxygens (including phenoxy) is 5. The van der Waals surface area contributed by atoms with Crippen LogP contribution in [-0.4, -0.2) is 54.4 Å². The molecule has 200 valence electrons. The van der Waals surface area contributed by atoms with Gasteiger partial charge in [0.15, 0.2) is 0 Å². The number of thioether (sulfide) groups is 1. The smallest absolute Gasteiger partial charge is 0.143 e. The Morgan fingerprint density at radius 3 is 2.46 bits per heavy atom. The third-order valence-corrected chi connectivity index (χ3v) is 8.74. The maximum Gasteiger partial charge on any atom is 0.143 e. The maximum atomic E-state index is 7.01. The molecule has 2 fully saturated rings. The van der Waals surface area contributed by atoms with Gasteiger partial charge >= 0.3 is 0 Å². The molecule has 6 atom stereocenters. The van der Waals surface area contributed by atoms with E-state index in [0.29, 0.717) is 19.8 Å². The first-order chi connectivity index (χ1) is 18.3. The minimum Gasteiger partial charge on any atom is -0.374 e. The van der Waals surface area contributed by atoms with E-state index < -0.39 is 0 Å². The Kier molecular flexibility index (Phi) is 9.76. The summed E-state index contributed by atoms with van der Waals surface area (Å²) in [7, 11) is 0. The molecule has 3 heterocycles. The normalized spacial score (nSPS) is 32.8. The molecule has 0 bridgehead atoms. The highest BCUT2D eigenvalue weighted by Crippen LogP contribution is 2.44. The van der Waals surface area contributed by atoms with Gasteiger partial charge in [-0.3, -0.25) is 0 Å². The molecule has 0 aliphatic carbocycles. The van der Waals surface area contributed by atoms with Crippen molar-refractivity contribution in [3.05, 3.63) is 83.9 Å². The largest absolute Gasteiger partial charge is 0.374 e. The molecular formula is C31H40O5S. The molecule has 37 heavy (non-hydrogen) atoms. The highest BCUT2D eigenvalue weighted by molar-refractivity contribution is 8.00. The highest BCUT2D eigenvalue weighted by atomic mass is 32.2. The number of benzene rings is 2. The van der Waals surface area contributed by atoms with E-state index in [2.05, 4.69) is 55.5 Å². The molecule has 5 rings (SSSR count). The molecule has 0 aromatic heterocycles. The van der Waals surface area contributed by atoms with Crippen LogP contribution in [0.3, 0.4) is 0 Å². The standard InChI is InChI=1S/C31H40O5S/c1-2-37-31-19-10-20-33-30(31)16-9-15-27-28(36-31)18-17-26(34-22-25-13-7-4-8-14-25)29(35-27)23-32-21-24-11-5-3-6-12-24/h3-9,11-14,16,26-30H,2,10,15,17-23H2,1H3/b16-9-/t26-,27-,28+,29+,30+,31+/m0/s1. The van der Waals surface area contributed by atoms with E-state index in [-0.39, 0.29) is 35.5 Å². The summed E-state index contributed by atoms with van der Waals surface area (Å²) in [6.07, 6.45) is 8.77. The summed E-state index contributed by atoms with van der Waals surface area (Å²) in [4.78, 5) is -0.347. The van der Waals surface area contributed by atoms with Crippen molar-refractivity contribution in [1.29, 1.82) is 0 Å². The molecule has 0 radical (unpaired) electrons. The number of fused-ring (bicyclic) bond motifs is 2. The average molecular weight is 525 g/mol. The van der Waals surface area contributed by atoms with Gasteiger partial charge in [-0.05, 0) is 49.0 Å². The third-order valence-electron chi connectivity index (χ3n) is 7.43. The zero-order chi connectivity index (χ0) is 25.3. The quantitative estimate of drug-likeness (QED) is 0.358. The Labute approximate surface area is 225 Å². The minimum atomic E-state index is -0.347. The molecule has 6 heteroatoms. The van der Waals surface area contributed by atoms with Crippen LogP contribution in [-0.2, 0) is 36.9 Å². The fraction of sp³-hybridized carbons (Fsp3) is 0.548. The summed E-state index contributed by atoms with van der Waals surface area (Å²) < 4.78 is 32.7. The summed E-state index contributed by atoms with van der Waals surface area (Å²) in [6.45, 7) is 4.61. The zero-order valence-corrected chi connectivity index (χ0v) is 22.7. The van der Waals surface area contributed by atoms with Crippen LogP contribution in [0.25, 0.3) is 0 Å². The molecule has 0 unspecified atom stereocenters. The van der Waals surface area contributed by atoms with Gasteiger partial charge in [0.05, 0.1) is 38.1 Å². The molecule has 2 saturated heterocycles. The third kappa shape index (κ3) is 7.05. The fourth-order valence-corrected chi connectivity index (χ4v) is 6.86. The van der Waals surface area contributed by atoms with Crippen LogP contribution in [0.15, 0.2) is 72.8 Å². The number of rotatable bonds is 9. The van der Waals surface area contributed by atoms with Crippen molar-refractivity contribution in [2.75, 3.05) is 19.0 Å². The fourth-order valence-electron chi connectivity index (χ4n) is 5.58. The van der Waals surface area contributed by atoms with Crippen molar-refractivity contribution in [1.82, 2.24) is 0 Å². The van der Waals surface area contributed by atoms with Gasteiger partial charge in [-0.15, -0.1) is 11.8 Å². The van der Waals surface area contributed by atoms with Crippen LogP contribution >= 0.6 is 11.8 Å². The maximum absolute atomic E-state index is 7.01. The van der Waals surface area contributed by atoms with E-state index in [1.165, 1.54) is 5.56 Å². The Balaban J connectivity index is 1.31. The Hall–Kier alpha value is -1.67. The second-order valence-corrected chi connectivity index (χ2v) is 11.6. The van der Waals surface area contributed by atoms with Crippen LogP contribution < -0.4 is 0 Å². The van der Waals surface area contributed by atoms with Gasteiger partial charge in [-0.25, -0.2) is 0 Å². The molecule has 0 N–H and O–H groups in total. The first kappa shape index (κ1) is 26.9. The van der Waals surface area contributed by atoms with Gasteiger partial charge in [-0.2, -0.15) is 0 Å². The molecule has 5 nitrogen and oxygen atoms in total. The van der Waals surface area contributed by atoms with Crippen molar-refractivity contribution in [2.24, 2.45) is 0 Å². The van der Waals surface area contributed by atoms with Crippen molar-refractivity contribution < 1.29 is 23.7 Å². The summed E-state index contributed by atoms with van der Waals surface area (Å²) in [6, 6.07) is 20.7. The van der Waals surface area contributed by atoms with Gasteiger partial charge in [0.1, 0.15) is 17.1 Å². The van der Waals surface area contributed by atoms with Crippen molar-refractivity contribution >= 4 is 11.8 Å². The first-order valence-electron chi connectivity index (χ1n) is 13.8. The predicted molar refractivity (Wildman–Crippen MR) is 147 cm³/mol. The Morgan fingerprint density at radius 2 is 1.70 bits per heavy atom. The van der Waals surface area contributed by atoms with Crippen LogP contribution in [0.4, 0.5) is 0 Å². The second-order valence-electron chi connectivity index (χ2n) is 10.1. The van der Waals surface area contributed by atoms with Gasteiger partial charge in [0.25, 0.3) is 0 Å². The molecular weight excluding hydrogens is 484 g/mol. The lowest BCUT2D eigenvalue weighted by Crippen LogP contribution is -2.51. The summed E-state index contributed by atoms with van der Waals surface area (Å²) >= 11 is 1.88. The zero-order valence-electron chi connectivity index (χ0n) is 21.8. The summed E-state index contributed by atoms with van der Waals surface area (Å²) in [5.41, 5.74) is 2.33. The molecule has 2 aromatic rings. The Morgan fingerprint density at radius 1 is 0.946 bits per heavy atom. The van der Waals surface area contributed by atoms with Crippen molar-refractivity contribution in [2.45, 2.75) is 87.7 Å². The second kappa shape index (κ2) is 13.4. The summed E-state index contributed by atoms with van der Waals surface area (Å²) in [5, 5.41) is 0. The van der Waals surface area contributed by atoms with E-state index in [0.717, 1.165) is 50.0 Å². The molecule has 0 spiro atoms. The first-order valence-corrected chi connectivity index (χ1v) is 14.8. The van der Waals surface area contributed by atoms with Gasteiger partial charge < -0.3 is 23.7 Å². The molecule has 3 aliphatic rings. The average Bonchev–Trinajstić information content (AvgIpc) is 3.07. The van der Waals surface area contributed by atoms with Crippen LogP contribution in [0, 0.1) is 0 Å². The van der Waals surface area contributed by atoms with E-state index in [1.54, 1.807) is 0 Å². The van der Waals surface area contributed by atoms with Gasteiger partial charge in [0.2, 0.25) is 0 Å².